The van der Waals surface area contributed by atoms with Gasteiger partial charge in [0.15, 0.2) is 0 Å². The van der Waals surface area contributed by atoms with Crippen molar-refractivity contribution in [3.05, 3.63) is 47.2 Å². The van der Waals surface area contributed by atoms with Gasteiger partial charge in [0.2, 0.25) is 5.88 Å². The number of carbonyl (C=O) groups is 1. The molecule has 1 unspecified atom stereocenters. The summed E-state index contributed by atoms with van der Waals surface area (Å²) in [6.45, 7) is 0.905. The Morgan fingerprint density at radius 1 is 1.31 bits per heavy atom. The highest BCUT2D eigenvalue weighted by atomic mass is 32.1. The molecule has 12 heteroatoms. The van der Waals surface area contributed by atoms with E-state index in [9.17, 15) is 13.6 Å². The Balaban J connectivity index is 1.42. The number of ether oxygens (including phenoxy) is 1. The van der Waals surface area contributed by atoms with E-state index in [0.717, 1.165) is 15.9 Å². The van der Waals surface area contributed by atoms with Crippen molar-refractivity contribution < 1.29 is 22.7 Å². The van der Waals surface area contributed by atoms with E-state index in [0.29, 0.717) is 30.3 Å². The molecule has 9 nitrogen and oxygen atoms in total. The van der Waals surface area contributed by atoms with Crippen LogP contribution in [0.3, 0.4) is 0 Å². The Morgan fingerprint density at radius 3 is 2.84 bits per heavy atom. The second-order valence-electron chi connectivity index (χ2n) is 7.16. The van der Waals surface area contributed by atoms with Crippen molar-refractivity contribution in [2.24, 2.45) is 0 Å². The summed E-state index contributed by atoms with van der Waals surface area (Å²) >= 11 is 1.33. The zero-order valence-corrected chi connectivity index (χ0v) is 17.7. The number of hydrogen-bond acceptors (Lipinski definition) is 8. The number of thiophene rings is 1. The third kappa shape index (κ3) is 3.66. The minimum Gasteiger partial charge on any atom is -0.471 e. The summed E-state index contributed by atoms with van der Waals surface area (Å²) in [6, 6.07) is 11.4. The predicted molar refractivity (Wildman–Crippen MR) is 113 cm³/mol. The van der Waals surface area contributed by atoms with E-state index in [1.54, 1.807) is 22.7 Å². The van der Waals surface area contributed by atoms with E-state index in [1.807, 2.05) is 30.3 Å². The molecule has 1 atom stereocenters. The lowest BCUT2D eigenvalue weighted by Crippen LogP contribution is -2.25. The van der Waals surface area contributed by atoms with Crippen LogP contribution < -0.4 is 15.0 Å². The molecule has 1 saturated heterocycles. The van der Waals surface area contributed by atoms with Crippen LogP contribution in [0.1, 0.15) is 28.4 Å². The van der Waals surface area contributed by atoms with Crippen molar-refractivity contribution in [2.45, 2.75) is 19.0 Å². The Kier molecular flexibility index (Phi) is 5.21. The van der Waals surface area contributed by atoms with E-state index in [-0.39, 0.29) is 18.0 Å². The van der Waals surface area contributed by atoms with Crippen molar-refractivity contribution in [3.8, 4) is 11.6 Å². The molecule has 0 bridgehead atoms. The number of rotatable bonds is 6. The third-order valence-corrected chi connectivity index (χ3v) is 6.20. The number of anilines is 1. The van der Waals surface area contributed by atoms with E-state index in [2.05, 4.69) is 20.6 Å². The highest BCUT2D eigenvalue weighted by molar-refractivity contribution is 7.20. The summed E-state index contributed by atoms with van der Waals surface area (Å²) in [7, 11) is 1.58. The van der Waals surface area contributed by atoms with Gasteiger partial charge in [-0.2, -0.15) is 8.78 Å². The van der Waals surface area contributed by atoms with Crippen LogP contribution in [-0.4, -0.2) is 52.1 Å². The fourth-order valence-corrected chi connectivity index (χ4v) is 4.62. The first-order valence-electron chi connectivity index (χ1n) is 9.86. The molecular formula is C20H18F2N6O3S. The van der Waals surface area contributed by atoms with Crippen molar-refractivity contribution >= 4 is 33.5 Å². The van der Waals surface area contributed by atoms with E-state index < -0.39 is 12.3 Å². The van der Waals surface area contributed by atoms with Gasteiger partial charge in [-0.3, -0.25) is 4.79 Å². The van der Waals surface area contributed by atoms with Crippen LogP contribution in [0.5, 0.6) is 5.88 Å². The maximum Gasteiger partial charge on any atom is 0.318 e. The lowest BCUT2D eigenvalue weighted by atomic mass is 10.3. The molecule has 4 heterocycles. The molecule has 5 rings (SSSR count). The number of amides is 1. The van der Waals surface area contributed by atoms with E-state index >= 15 is 0 Å². The van der Waals surface area contributed by atoms with Crippen LogP contribution in [0.4, 0.5) is 14.8 Å². The number of nitrogens with one attached hydrogen (secondary N) is 1. The number of halogens is 2. The Bertz CT molecular complexity index is 1250. The van der Waals surface area contributed by atoms with E-state index in [4.69, 9.17) is 9.15 Å². The maximum absolute atomic E-state index is 12.7. The molecule has 32 heavy (non-hydrogen) atoms. The molecule has 0 radical (unpaired) electrons. The van der Waals surface area contributed by atoms with Gasteiger partial charge in [0, 0.05) is 20.0 Å². The number of aromatic nitrogens is 4. The quantitative estimate of drug-likeness (QED) is 0.471. The molecule has 4 aromatic rings. The van der Waals surface area contributed by atoms with Gasteiger partial charge >= 0.3 is 12.4 Å². The highest BCUT2D eigenvalue weighted by Crippen LogP contribution is 2.36. The molecular weight excluding hydrogens is 442 g/mol. The van der Waals surface area contributed by atoms with Gasteiger partial charge < -0.3 is 19.4 Å². The van der Waals surface area contributed by atoms with Crippen LogP contribution >= 0.6 is 11.3 Å². The van der Waals surface area contributed by atoms with Crippen LogP contribution in [0, 0.1) is 0 Å². The van der Waals surface area contributed by atoms with Crippen LogP contribution in [0.2, 0.25) is 0 Å². The summed E-state index contributed by atoms with van der Waals surface area (Å²) < 4.78 is 38.4. The van der Waals surface area contributed by atoms with Gasteiger partial charge in [-0.15, -0.1) is 21.5 Å². The molecule has 166 valence electrons. The minimum atomic E-state index is -2.81. The van der Waals surface area contributed by atoms with Crippen LogP contribution in [0.15, 0.2) is 40.8 Å². The zero-order valence-electron chi connectivity index (χ0n) is 16.9. The SMILES string of the molecule is CNC(=O)c1cc2c(OC3CCN(c4nnc(C(F)F)o4)C3)nn(-c3ccccc3)c2s1. The zero-order chi connectivity index (χ0) is 22.2. The number of benzene rings is 1. The number of hydrogen-bond donors (Lipinski definition) is 1. The Hall–Kier alpha value is -3.54. The molecule has 1 amide bonds. The lowest BCUT2D eigenvalue weighted by molar-refractivity contribution is 0.0967. The van der Waals surface area contributed by atoms with Gasteiger partial charge in [0.1, 0.15) is 10.9 Å². The third-order valence-electron chi connectivity index (χ3n) is 5.09. The molecule has 1 N–H and O–H groups in total. The molecule has 0 spiro atoms. The highest BCUT2D eigenvalue weighted by Gasteiger charge is 2.30. The molecule has 1 aromatic carbocycles. The van der Waals surface area contributed by atoms with Gasteiger partial charge in [0.05, 0.1) is 22.5 Å². The first kappa shape index (κ1) is 20.4. The molecule has 3 aromatic heterocycles. The largest absolute Gasteiger partial charge is 0.471 e. The average Bonchev–Trinajstić information content (AvgIpc) is 3.58. The molecule has 1 fully saturated rings. The second kappa shape index (κ2) is 8.19. The number of carbonyl (C=O) groups excluding carboxylic acids is 1. The van der Waals surface area contributed by atoms with E-state index in [1.165, 1.54) is 11.3 Å². The number of nitrogens with zero attached hydrogens (tertiary/aromatic N) is 5. The van der Waals surface area contributed by atoms with Gasteiger partial charge in [-0.25, -0.2) is 4.68 Å². The number of para-hydroxylation sites is 1. The molecule has 1 aliphatic rings. The standard InChI is InChI=1S/C20H18F2N6O3S/c1-23-16(29)14-9-13-17(26-28(19(13)32-14)11-5-3-2-4-6-11)30-12-7-8-27(10-12)20-25-24-18(31-20)15(21)22/h2-6,9,12,15H,7-8,10H2,1H3,(H,23,29). The van der Waals surface area contributed by atoms with Crippen molar-refractivity contribution in [1.82, 2.24) is 25.3 Å². The van der Waals surface area contributed by atoms with Crippen molar-refractivity contribution in [2.75, 3.05) is 25.0 Å². The molecule has 0 aliphatic carbocycles. The summed E-state index contributed by atoms with van der Waals surface area (Å²) in [4.78, 5) is 15.2. The van der Waals surface area contributed by atoms with Crippen LogP contribution in [0.25, 0.3) is 15.9 Å². The summed E-state index contributed by atoms with van der Waals surface area (Å²) in [5.74, 6) is -0.483. The minimum absolute atomic E-state index is 0.0452. The topological polar surface area (TPSA) is 98.3 Å². The van der Waals surface area contributed by atoms with Gasteiger partial charge in [-0.1, -0.05) is 23.3 Å². The Morgan fingerprint density at radius 2 is 2.12 bits per heavy atom. The first-order valence-corrected chi connectivity index (χ1v) is 10.7. The summed E-state index contributed by atoms with van der Waals surface area (Å²) in [6.07, 6.45) is -2.45. The summed E-state index contributed by atoms with van der Waals surface area (Å²) in [5.41, 5.74) is 0.844. The lowest BCUT2D eigenvalue weighted by Gasteiger charge is -2.13. The Labute approximate surface area is 184 Å². The maximum atomic E-state index is 12.7. The average molecular weight is 460 g/mol. The monoisotopic (exact) mass is 460 g/mol. The summed E-state index contributed by atoms with van der Waals surface area (Å²) in [5, 5.41) is 15.1. The normalized spacial score (nSPS) is 16.2. The predicted octanol–water partition coefficient (Wildman–Crippen LogP) is 3.42. The van der Waals surface area contributed by atoms with Crippen LogP contribution in [-0.2, 0) is 0 Å². The smallest absolute Gasteiger partial charge is 0.318 e. The molecule has 1 aliphatic heterocycles. The van der Waals surface area contributed by atoms with Gasteiger partial charge in [-0.05, 0) is 18.2 Å². The number of alkyl halides is 2. The number of fused-ring (bicyclic) bond motifs is 1. The first-order chi connectivity index (χ1) is 15.5. The van der Waals surface area contributed by atoms with Crippen molar-refractivity contribution in [3.63, 3.8) is 0 Å². The second-order valence-corrected chi connectivity index (χ2v) is 8.19. The fourth-order valence-electron chi connectivity index (χ4n) is 3.55. The fraction of sp³-hybridized carbons (Fsp3) is 0.300. The van der Waals surface area contributed by atoms with Gasteiger partial charge in [0.25, 0.3) is 11.8 Å². The molecule has 0 saturated carbocycles. The van der Waals surface area contributed by atoms with Crippen molar-refractivity contribution in [1.29, 1.82) is 0 Å².